The molecular formula is C14H21N5O. The Kier molecular flexibility index (Phi) is 4.11. The number of rotatable bonds is 5. The van der Waals surface area contributed by atoms with Crippen molar-refractivity contribution in [3.8, 4) is 0 Å². The summed E-state index contributed by atoms with van der Waals surface area (Å²) < 4.78 is 5.38. The van der Waals surface area contributed by atoms with Gasteiger partial charge in [-0.25, -0.2) is 15.0 Å². The van der Waals surface area contributed by atoms with Gasteiger partial charge in [-0.15, -0.1) is 0 Å². The van der Waals surface area contributed by atoms with Gasteiger partial charge in [0.15, 0.2) is 11.5 Å². The van der Waals surface area contributed by atoms with Crippen LogP contribution in [0.25, 0.3) is 11.2 Å². The average molecular weight is 275 g/mol. The van der Waals surface area contributed by atoms with Gasteiger partial charge >= 0.3 is 0 Å². The molecule has 0 unspecified atom stereocenters. The number of nitrogens with one attached hydrogen (secondary N) is 1. The molecule has 108 valence electrons. The third-order valence-corrected chi connectivity index (χ3v) is 3.96. The van der Waals surface area contributed by atoms with Crippen LogP contribution in [-0.4, -0.2) is 33.1 Å². The molecule has 6 nitrogen and oxygen atoms in total. The highest BCUT2D eigenvalue weighted by Crippen LogP contribution is 2.21. The van der Waals surface area contributed by atoms with Gasteiger partial charge in [0, 0.05) is 19.6 Å². The van der Waals surface area contributed by atoms with Crippen LogP contribution in [0.3, 0.4) is 0 Å². The number of H-pyrrole nitrogens is 1. The molecular weight excluding hydrogens is 254 g/mol. The number of aromatic amines is 1. The van der Waals surface area contributed by atoms with Crippen LogP contribution in [0.2, 0.25) is 0 Å². The molecule has 3 heterocycles. The molecule has 2 aromatic heterocycles. The van der Waals surface area contributed by atoms with E-state index in [9.17, 15) is 0 Å². The number of fused-ring (bicyclic) bond motifs is 1. The maximum absolute atomic E-state index is 5.89. The maximum atomic E-state index is 5.89. The average Bonchev–Trinajstić information content (AvgIpc) is 2.94. The number of nitrogen functional groups attached to an aromatic ring is 1. The van der Waals surface area contributed by atoms with Crippen molar-refractivity contribution in [2.45, 2.75) is 38.5 Å². The van der Waals surface area contributed by atoms with Crippen molar-refractivity contribution in [2.75, 3.05) is 18.9 Å². The number of aromatic nitrogens is 4. The first-order valence-corrected chi connectivity index (χ1v) is 7.36. The molecule has 1 aliphatic heterocycles. The predicted octanol–water partition coefficient (Wildman–Crippen LogP) is 2.07. The fourth-order valence-corrected chi connectivity index (χ4v) is 2.77. The van der Waals surface area contributed by atoms with Crippen LogP contribution in [0.1, 0.15) is 37.9 Å². The monoisotopic (exact) mass is 275 g/mol. The number of hydrogen-bond donors (Lipinski definition) is 2. The minimum atomic E-state index is 0.493. The summed E-state index contributed by atoms with van der Waals surface area (Å²) in [6.07, 6.45) is 8.50. The van der Waals surface area contributed by atoms with Crippen LogP contribution in [0.4, 0.5) is 5.82 Å². The highest BCUT2D eigenvalue weighted by Gasteiger charge is 2.13. The first kappa shape index (κ1) is 13.3. The Morgan fingerprint density at radius 1 is 1.25 bits per heavy atom. The van der Waals surface area contributed by atoms with E-state index in [0.29, 0.717) is 11.5 Å². The number of hydrogen-bond acceptors (Lipinski definition) is 5. The zero-order chi connectivity index (χ0) is 13.8. The lowest BCUT2D eigenvalue weighted by atomic mass is 9.94. The van der Waals surface area contributed by atoms with Crippen molar-refractivity contribution in [3.05, 3.63) is 12.2 Å². The van der Waals surface area contributed by atoms with Crippen molar-refractivity contribution in [1.29, 1.82) is 0 Å². The summed E-state index contributed by atoms with van der Waals surface area (Å²) in [5, 5.41) is 0. The normalized spacial score (nSPS) is 16.8. The standard InChI is InChI=1S/C14H21N5O/c15-13-12-14(17-9-16-12)19-11(18-13)4-2-1-3-10-5-7-20-8-6-10/h9-10H,1-8H2,(H3,15,16,17,18,19). The van der Waals surface area contributed by atoms with Crippen molar-refractivity contribution < 1.29 is 4.74 Å². The van der Waals surface area contributed by atoms with E-state index < -0.39 is 0 Å². The van der Waals surface area contributed by atoms with Crippen LogP contribution in [0.15, 0.2) is 6.33 Å². The summed E-state index contributed by atoms with van der Waals surface area (Å²) in [6.45, 7) is 1.86. The molecule has 0 aromatic carbocycles. The second-order valence-corrected chi connectivity index (χ2v) is 5.43. The molecule has 0 spiro atoms. The fraction of sp³-hybridized carbons (Fsp3) is 0.643. The molecule has 1 saturated heterocycles. The van der Waals surface area contributed by atoms with Gasteiger partial charge in [0.05, 0.1) is 6.33 Å². The van der Waals surface area contributed by atoms with E-state index in [1.54, 1.807) is 6.33 Å². The fourth-order valence-electron chi connectivity index (χ4n) is 2.77. The Morgan fingerprint density at radius 2 is 2.10 bits per heavy atom. The highest BCUT2D eigenvalue weighted by molar-refractivity contribution is 5.80. The number of nitrogens with two attached hydrogens (primary N) is 1. The molecule has 3 N–H and O–H groups in total. The lowest BCUT2D eigenvalue weighted by Crippen LogP contribution is -2.15. The van der Waals surface area contributed by atoms with Crippen molar-refractivity contribution in [1.82, 2.24) is 19.9 Å². The van der Waals surface area contributed by atoms with Gasteiger partial charge in [0.25, 0.3) is 0 Å². The van der Waals surface area contributed by atoms with Crippen molar-refractivity contribution in [2.24, 2.45) is 5.92 Å². The van der Waals surface area contributed by atoms with E-state index >= 15 is 0 Å². The Morgan fingerprint density at radius 3 is 2.95 bits per heavy atom. The van der Waals surface area contributed by atoms with E-state index in [1.807, 2.05) is 0 Å². The molecule has 0 atom stereocenters. The number of anilines is 1. The van der Waals surface area contributed by atoms with Crippen LogP contribution >= 0.6 is 0 Å². The van der Waals surface area contributed by atoms with Gasteiger partial charge in [-0.2, -0.15) is 0 Å². The molecule has 0 aliphatic carbocycles. The number of ether oxygens (including phenoxy) is 1. The van der Waals surface area contributed by atoms with Crippen LogP contribution in [-0.2, 0) is 11.2 Å². The third-order valence-electron chi connectivity index (χ3n) is 3.96. The number of imidazole rings is 1. The van der Waals surface area contributed by atoms with E-state index in [1.165, 1.54) is 25.7 Å². The van der Waals surface area contributed by atoms with E-state index in [2.05, 4.69) is 19.9 Å². The van der Waals surface area contributed by atoms with Gasteiger partial charge in [-0.05, 0) is 25.2 Å². The lowest BCUT2D eigenvalue weighted by molar-refractivity contribution is 0.0631. The number of unbranched alkanes of at least 4 members (excludes halogenated alkanes) is 1. The SMILES string of the molecule is Nc1nc(CCCCC2CCOCC2)nc2nc[nH]c12. The summed E-state index contributed by atoms with van der Waals surface area (Å²) in [5.74, 6) is 2.13. The summed E-state index contributed by atoms with van der Waals surface area (Å²) in [7, 11) is 0. The minimum absolute atomic E-state index is 0.493. The van der Waals surface area contributed by atoms with Crippen LogP contribution < -0.4 is 5.73 Å². The highest BCUT2D eigenvalue weighted by atomic mass is 16.5. The first-order chi connectivity index (χ1) is 9.83. The Bertz CT molecular complexity index is 562. The summed E-state index contributed by atoms with van der Waals surface area (Å²) >= 11 is 0. The third kappa shape index (κ3) is 3.07. The second kappa shape index (κ2) is 6.17. The second-order valence-electron chi connectivity index (χ2n) is 5.43. The molecule has 6 heteroatoms. The zero-order valence-corrected chi connectivity index (χ0v) is 11.6. The largest absolute Gasteiger partial charge is 0.382 e. The lowest BCUT2D eigenvalue weighted by Gasteiger charge is -2.21. The molecule has 1 fully saturated rings. The maximum Gasteiger partial charge on any atom is 0.183 e. The first-order valence-electron chi connectivity index (χ1n) is 7.36. The summed E-state index contributed by atoms with van der Waals surface area (Å²) in [5.41, 5.74) is 7.28. The summed E-state index contributed by atoms with van der Waals surface area (Å²) in [6, 6.07) is 0. The predicted molar refractivity (Wildman–Crippen MR) is 77.2 cm³/mol. The van der Waals surface area contributed by atoms with Gasteiger partial charge in [0.1, 0.15) is 11.3 Å². The smallest absolute Gasteiger partial charge is 0.183 e. The van der Waals surface area contributed by atoms with Crippen LogP contribution in [0, 0.1) is 5.92 Å². The topological polar surface area (TPSA) is 89.7 Å². The quantitative estimate of drug-likeness (QED) is 0.815. The van der Waals surface area contributed by atoms with Crippen LogP contribution in [0.5, 0.6) is 0 Å². The molecule has 20 heavy (non-hydrogen) atoms. The van der Waals surface area contributed by atoms with Gasteiger partial charge in [-0.1, -0.05) is 12.8 Å². The summed E-state index contributed by atoms with van der Waals surface area (Å²) in [4.78, 5) is 15.9. The molecule has 0 radical (unpaired) electrons. The van der Waals surface area contributed by atoms with E-state index in [0.717, 1.165) is 43.3 Å². The minimum Gasteiger partial charge on any atom is -0.382 e. The van der Waals surface area contributed by atoms with Gasteiger partial charge in [0.2, 0.25) is 0 Å². The Labute approximate surface area is 118 Å². The van der Waals surface area contributed by atoms with E-state index in [-0.39, 0.29) is 0 Å². The zero-order valence-electron chi connectivity index (χ0n) is 11.6. The molecule has 1 aliphatic rings. The molecule has 0 saturated carbocycles. The molecule has 0 amide bonds. The Balaban J connectivity index is 1.49. The Hall–Kier alpha value is -1.69. The number of aryl methyl sites for hydroxylation is 1. The van der Waals surface area contributed by atoms with E-state index in [4.69, 9.17) is 10.5 Å². The molecule has 2 aromatic rings. The van der Waals surface area contributed by atoms with Gasteiger partial charge < -0.3 is 15.5 Å². The van der Waals surface area contributed by atoms with Crippen molar-refractivity contribution in [3.63, 3.8) is 0 Å². The molecule has 3 rings (SSSR count). The van der Waals surface area contributed by atoms with Gasteiger partial charge in [-0.3, -0.25) is 0 Å². The molecule has 0 bridgehead atoms. The van der Waals surface area contributed by atoms with Crippen molar-refractivity contribution >= 4 is 17.0 Å². The number of nitrogens with zero attached hydrogens (tertiary/aromatic N) is 3.